The lowest BCUT2D eigenvalue weighted by atomic mass is 10.0. The van der Waals surface area contributed by atoms with Gasteiger partial charge in [0.05, 0.1) is 20.3 Å². The number of benzene rings is 2. The van der Waals surface area contributed by atoms with Crippen LogP contribution in [0.4, 0.5) is 0 Å². The normalized spacial score (nSPS) is 10.2. The quantitative estimate of drug-likeness (QED) is 0.811. The molecule has 0 fully saturated rings. The van der Waals surface area contributed by atoms with Crippen LogP contribution in [0.1, 0.15) is 26.3 Å². The predicted octanol–water partition coefficient (Wildman–Crippen LogP) is 3.90. The smallest absolute Gasteiger partial charge is 0.161 e. The van der Waals surface area contributed by atoms with Gasteiger partial charge < -0.3 is 19.7 Å². The Hall–Kier alpha value is -2.20. The van der Waals surface area contributed by atoms with Gasteiger partial charge in [-0.2, -0.15) is 0 Å². The van der Waals surface area contributed by atoms with E-state index in [2.05, 4.69) is 19.1 Å². The second-order valence-electron chi connectivity index (χ2n) is 5.41. The highest BCUT2D eigenvalue weighted by Gasteiger charge is 2.09. The van der Waals surface area contributed by atoms with Crippen molar-refractivity contribution in [1.82, 2.24) is 0 Å². The molecule has 4 nitrogen and oxygen atoms in total. The molecular formula is C19H26O4. The van der Waals surface area contributed by atoms with Gasteiger partial charge in [0, 0.05) is 0 Å². The fourth-order valence-corrected chi connectivity index (χ4v) is 2.42. The zero-order valence-electron chi connectivity index (χ0n) is 14.5. The van der Waals surface area contributed by atoms with Gasteiger partial charge >= 0.3 is 0 Å². The van der Waals surface area contributed by atoms with E-state index in [9.17, 15) is 0 Å². The summed E-state index contributed by atoms with van der Waals surface area (Å²) in [4.78, 5) is 0. The molecule has 0 aliphatic carbocycles. The first-order valence-corrected chi connectivity index (χ1v) is 7.61. The zero-order valence-corrected chi connectivity index (χ0v) is 14.5. The van der Waals surface area contributed by atoms with Crippen molar-refractivity contribution < 1.29 is 19.7 Å². The molecule has 0 saturated heterocycles. The Morgan fingerprint density at radius 3 is 1.91 bits per heavy atom. The summed E-state index contributed by atoms with van der Waals surface area (Å²) in [6.07, 6.45) is 1.11. The number of hydrogen-bond acceptors (Lipinski definition) is 3. The molecule has 0 unspecified atom stereocenters. The van der Waals surface area contributed by atoms with E-state index < -0.39 is 0 Å². The Bertz CT molecular complexity index is 635. The molecule has 23 heavy (non-hydrogen) atoms. The fraction of sp³-hybridized carbons (Fsp3) is 0.368. The lowest BCUT2D eigenvalue weighted by molar-refractivity contribution is 0.240. The Kier molecular flexibility index (Phi) is 6.91. The molecule has 0 heterocycles. The van der Waals surface area contributed by atoms with Gasteiger partial charge in [-0.3, -0.25) is 0 Å². The summed E-state index contributed by atoms with van der Waals surface area (Å²) < 4.78 is 16.5. The standard InChI is InChI=1S/C19H24O3.H2O/c1-6-14-11-15(7-9-17(14)22-13(2)3)16-8-10-18(20-4)19(12-16)21-5;/h7-13H,6H2,1-5H3;1H2. The maximum absolute atomic E-state index is 5.86. The molecule has 2 rings (SSSR count). The first kappa shape index (κ1) is 18.8. The van der Waals surface area contributed by atoms with Crippen LogP contribution < -0.4 is 14.2 Å². The highest BCUT2D eigenvalue weighted by molar-refractivity contribution is 5.69. The maximum Gasteiger partial charge on any atom is 0.161 e. The average Bonchev–Trinajstić information content (AvgIpc) is 2.54. The van der Waals surface area contributed by atoms with E-state index in [4.69, 9.17) is 14.2 Å². The molecule has 2 N–H and O–H groups in total. The SMILES string of the molecule is CCc1cc(-c2ccc(OC)c(OC)c2)ccc1OC(C)C.O. The van der Waals surface area contributed by atoms with Crippen molar-refractivity contribution >= 4 is 0 Å². The van der Waals surface area contributed by atoms with E-state index in [1.807, 2.05) is 38.1 Å². The maximum atomic E-state index is 5.86. The second-order valence-corrected chi connectivity index (χ2v) is 5.41. The zero-order chi connectivity index (χ0) is 16.1. The monoisotopic (exact) mass is 318 g/mol. The highest BCUT2D eigenvalue weighted by Crippen LogP contribution is 2.34. The minimum atomic E-state index is 0. The molecule has 4 heteroatoms. The highest BCUT2D eigenvalue weighted by atomic mass is 16.5. The Labute approximate surface area is 138 Å². The Morgan fingerprint density at radius 2 is 1.39 bits per heavy atom. The molecule has 0 aliphatic rings. The Morgan fingerprint density at radius 1 is 0.826 bits per heavy atom. The number of hydrogen-bond donors (Lipinski definition) is 0. The van der Waals surface area contributed by atoms with Gasteiger partial charge in [-0.05, 0) is 61.2 Å². The molecule has 0 atom stereocenters. The molecule has 0 aliphatic heterocycles. The van der Waals surface area contributed by atoms with Crippen LogP contribution in [-0.4, -0.2) is 25.8 Å². The van der Waals surface area contributed by atoms with Gasteiger partial charge in [0.2, 0.25) is 0 Å². The van der Waals surface area contributed by atoms with Crippen LogP contribution in [0, 0.1) is 0 Å². The lowest BCUT2D eigenvalue weighted by Gasteiger charge is -2.15. The van der Waals surface area contributed by atoms with Gasteiger partial charge in [0.15, 0.2) is 11.5 Å². The summed E-state index contributed by atoms with van der Waals surface area (Å²) in [7, 11) is 3.30. The summed E-state index contributed by atoms with van der Waals surface area (Å²) in [5.41, 5.74) is 3.46. The number of methoxy groups -OCH3 is 2. The van der Waals surface area contributed by atoms with E-state index in [1.54, 1.807) is 14.2 Å². The topological polar surface area (TPSA) is 59.2 Å². The van der Waals surface area contributed by atoms with Crippen molar-refractivity contribution in [3.05, 3.63) is 42.0 Å². The van der Waals surface area contributed by atoms with Crippen LogP contribution in [0.25, 0.3) is 11.1 Å². The van der Waals surface area contributed by atoms with Gasteiger partial charge in [0.1, 0.15) is 5.75 Å². The molecule has 2 aromatic rings. The van der Waals surface area contributed by atoms with E-state index in [0.717, 1.165) is 34.8 Å². The lowest BCUT2D eigenvalue weighted by Crippen LogP contribution is -2.07. The summed E-state index contributed by atoms with van der Waals surface area (Å²) in [5, 5.41) is 0. The third-order valence-corrected chi connectivity index (χ3v) is 3.52. The van der Waals surface area contributed by atoms with Crippen molar-refractivity contribution in [2.45, 2.75) is 33.3 Å². The summed E-state index contributed by atoms with van der Waals surface area (Å²) in [6.45, 7) is 6.23. The minimum absolute atomic E-state index is 0. The number of aryl methyl sites for hydroxylation is 1. The van der Waals surface area contributed by atoms with Crippen LogP contribution in [0.3, 0.4) is 0 Å². The summed E-state index contributed by atoms with van der Waals surface area (Å²) in [6, 6.07) is 12.3. The first-order chi connectivity index (χ1) is 10.6. The van der Waals surface area contributed by atoms with Crippen molar-refractivity contribution in [3.8, 4) is 28.4 Å². The molecular weight excluding hydrogens is 292 g/mol. The predicted molar refractivity (Wildman–Crippen MR) is 93.7 cm³/mol. The third kappa shape index (κ3) is 4.39. The summed E-state index contributed by atoms with van der Waals surface area (Å²) >= 11 is 0. The van der Waals surface area contributed by atoms with Gasteiger partial charge in [-0.1, -0.05) is 19.1 Å². The van der Waals surface area contributed by atoms with Crippen LogP contribution in [-0.2, 0) is 6.42 Å². The van der Waals surface area contributed by atoms with Crippen LogP contribution >= 0.6 is 0 Å². The van der Waals surface area contributed by atoms with E-state index in [1.165, 1.54) is 5.56 Å². The number of rotatable bonds is 6. The third-order valence-electron chi connectivity index (χ3n) is 3.52. The fourth-order valence-electron chi connectivity index (χ4n) is 2.42. The van der Waals surface area contributed by atoms with Crippen LogP contribution in [0.2, 0.25) is 0 Å². The van der Waals surface area contributed by atoms with Crippen molar-refractivity contribution in [2.75, 3.05) is 14.2 Å². The van der Waals surface area contributed by atoms with Crippen molar-refractivity contribution in [2.24, 2.45) is 0 Å². The Balaban J connectivity index is 0.00000264. The van der Waals surface area contributed by atoms with Gasteiger partial charge in [-0.15, -0.1) is 0 Å². The molecule has 0 saturated carbocycles. The van der Waals surface area contributed by atoms with E-state index in [0.29, 0.717) is 0 Å². The van der Waals surface area contributed by atoms with E-state index in [-0.39, 0.29) is 11.6 Å². The molecule has 0 spiro atoms. The van der Waals surface area contributed by atoms with Crippen LogP contribution in [0.5, 0.6) is 17.2 Å². The second kappa shape index (κ2) is 8.44. The molecule has 0 bridgehead atoms. The molecule has 0 radical (unpaired) electrons. The van der Waals surface area contributed by atoms with E-state index >= 15 is 0 Å². The molecule has 0 aromatic heterocycles. The van der Waals surface area contributed by atoms with Gasteiger partial charge in [-0.25, -0.2) is 0 Å². The van der Waals surface area contributed by atoms with Crippen molar-refractivity contribution in [1.29, 1.82) is 0 Å². The summed E-state index contributed by atoms with van der Waals surface area (Å²) in [5.74, 6) is 2.43. The number of ether oxygens (including phenoxy) is 3. The van der Waals surface area contributed by atoms with Crippen LogP contribution in [0.15, 0.2) is 36.4 Å². The average molecular weight is 318 g/mol. The van der Waals surface area contributed by atoms with Gasteiger partial charge in [0.25, 0.3) is 0 Å². The molecule has 126 valence electrons. The van der Waals surface area contributed by atoms with Crippen molar-refractivity contribution in [3.63, 3.8) is 0 Å². The largest absolute Gasteiger partial charge is 0.493 e. The molecule has 0 amide bonds. The first-order valence-electron chi connectivity index (χ1n) is 7.61. The molecule has 2 aromatic carbocycles. The minimum Gasteiger partial charge on any atom is -0.493 e.